The van der Waals surface area contributed by atoms with Gasteiger partial charge in [-0.05, 0) is 36.0 Å². The van der Waals surface area contributed by atoms with Gasteiger partial charge in [0.25, 0.3) is 0 Å². The smallest absolute Gasteiger partial charge is 0.131 e. The molecule has 4 nitrogen and oxygen atoms in total. The minimum absolute atomic E-state index is 0.326. The highest BCUT2D eigenvalue weighted by atomic mass is 15.1. The summed E-state index contributed by atoms with van der Waals surface area (Å²) in [5.74, 6) is 2.21. The van der Waals surface area contributed by atoms with E-state index < -0.39 is 0 Å². The van der Waals surface area contributed by atoms with Gasteiger partial charge in [0.05, 0.1) is 0 Å². The molecule has 0 amide bonds. The molecule has 3 atom stereocenters. The number of rotatable bonds is 2. The largest absolute Gasteiger partial charge is 0.384 e. The molecule has 0 spiro atoms. The van der Waals surface area contributed by atoms with E-state index in [2.05, 4.69) is 36.1 Å². The van der Waals surface area contributed by atoms with Crippen LogP contribution in [0.15, 0.2) is 12.4 Å². The summed E-state index contributed by atoms with van der Waals surface area (Å²) >= 11 is 0. The van der Waals surface area contributed by atoms with Crippen LogP contribution in [0.2, 0.25) is 0 Å². The van der Waals surface area contributed by atoms with E-state index >= 15 is 0 Å². The third-order valence-electron chi connectivity index (χ3n) is 5.25. The molecule has 3 N–H and O–H groups in total. The lowest BCUT2D eigenvalue weighted by molar-refractivity contribution is 0.155. The number of hydrogen-bond donors (Lipinski definition) is 2. The Morgan fingerprint density at radius 2 is 2.11 bits per heavy atom. The van der Waals surface area contributed by atoms with E-state index in [1.807, 2.05) is 6.07 Å². The number of fused-ring (bicyclic) bond motifs is 2. The third-order valence-corrected chi connectivity index (χ3v) is 5.25. The Balaban J connectivity index is 1.88. The molecule has 3 unspecified atom stereocenters. The van der Waals surface area contributed by atoms with Gasteiger partial charge in [-0.3, -0.25) is 0 Å². The van der Waals surface area contributed by atoms with Crippen LogP contribution >= 0.6 is 0 Å². The van der Waals surface area contributed by atoms with E-state index in [0.717, 1.165) is 11.7 Å². The molecule has 1 aromatic heterocycles. The second-order valence-electron chi connectivity index (χ2n) is 6.82. The topological polar surface area (TPSA) is 63.8 Å². The third kappa shape index (κ3) is 1.58. The van der Waals surface area contributed by atoms with Crippen molar-refractivity contribution in [2.45, 2.75) is 46.1 Å². The molecule has 2 bridgehead atoms. The predicted octanol–water partition coefficient (Wildman–Crippen LogP) is 2.69. The maximum absolute atomic E-state index is 5.72. The zero-order valence-corrected chi connectivity index (χ0v) is 11.4. The summed E-state index contributed by atoms with van der Waals surface area (Å²) in [6, 6.07) is 2.30. The molecule has 18 heavy (non-hydrogen) atoms. The molecule has 4 heteroatoms. The van der Waals surface area contributed by atoms with Crippen LogP contribution in [0.3, 0.4) is 0 Å². The number of nitrogens with two attached hydrogens (primary N) is 1. The van der Waals surface area contributed by atoms with Gasteiger partial charge in [-0.2, -0.15) is 0 Å². The van der Waals surface area contributed by atoms with Gasteiger partial charge in [0, 0.05) is 12.1 Å². The van der Waals surface area contributed by atoms with Crippen LogP contribution in [-0.2, 0) is 0 Å². The summed E-state index contributed by atoms with van der Waals surface area (Å²) < 4.78 is 0. The Bertz CT molecular complexity index is 466. The molecular weight excluding hydrogens is 224 g/mol. The highest BCUT2D eigenvalue weighted by molar-refractivity contribution is 5.45. The number of nitrogens with zero attached hydrogens (tertiary/aromatic N) is 2. The lowest BCUT2D eigenvalue weighted by Crippen LogP contribution is -2.46. The molecule has 2 aliphatic rings. The number of nitrogens with one attached hydrogen (secondary N) is 1. The summed E-state index contributed by atoms with van der Waals surface area (Å²) in [5, 5.41) is 3.61. The average Bonchev–Trinajstić information content (AvgIpc) is 2.76. The SMILES string of the molecule is CC12CCC(C1)C(C)(C)C2Nc1cc(N)ncn1. The first-order valence-electron chi connectivity index (χ1n) is 6.76. The predicted molar refractivity (Wildman–Crippen MR) is 73.1 cm³/mol. The molecule has 1 aromatic rings. The van der Waals surface area contributed by atoms with Crippen LogP contribution in [0, 0.1) is 16.7 Å². The molecule has 98 valence electrons. The van der Waals surface area contributed by atoms with Gasteiger partial charge in [-0.25, -0.2) is 9.97 Å². The first-order valence-corrected chi connectivity index (χ1v) is 6.76. The van der Waals surface area contributed by atoms with Gasteiger partial charge >= 0.3 is 0 Å². The second kappa shape index (κ2) is 3.59. The number of hydrogen-bond acceptors (Lipinski definition) is 4. The van der Waals surface area contributed by atoms with E-state index in [4.69, 9.17) is 5.73 Å². The van der Waals surface area contributed by atoms with Gasteiger partial charge in [0.15, 0.2) is 0 Å². The van der Waals surface area contributed by atoms with E-state index in [9.17, 15) is 0 Å². The normalized spacial score (nSPS) is 36.8. The first kappa shape index (κ1) is 11.8. The quantitative estimate of drug-likeness (QED) is 0.842. The Hall–Kier alpha value is -1.32. The highest BCUT2D eigenvalue weighted by Gasteiger charge is 2.59. The lowest BCUT2D eigenvalue weighted by atomic mass is 9.68. The van der Waals surface area contributed by atoms with Crippen molar-refractivity contribution in [2.75, 3.05) is 11.1 Å². The van der Waals surface area contributed by atoms with Crippen LogP contribution < -0.4 is 11.1 Å². The Kier molecular flexibility index (Phi) is 2.34. The monoisotopic (exact) mass is 246 g/mol. The maximum atomic E-state index is 5.72. The zero-order chi connectivity index (χ0) is 13.0. The van der Waals surface area contributed by atoms with Gasteiger partial charge in [-0.15, -0.1) is 0 Å². The minimum atomic E-state index is 0.326. The summed E-state index contributed by atoms with van der Waals surface area (Å²) in [7, 11) is 0. The van der Waals surface area contributed by atoms with Crippen molar-refractivity contribution in [2.24, 2.45) is 16.7 Å². The summed E-state index contributed by atoms with van der Waals surface area (Å²) in [6.45, 7) is 7.17. The molecular formula is C14H22N4. The summed E-state index contributed by atoms with van der Waals surface area (Å²) in [6.07, 6.45) is 5.55. The molecule has 3 rings (SSSR count). The Morgan fingerprint density at radius 1 is 1.33 bits per heavy atom. The fourth-order valence-electron chi connectivity index (χ4n) is 4.26. The molecule has 2 fully saturated rings. The standard InChI is InChI=1S/C14H22N4/c1-13(2)9-4-5-14(3,7-9)12(13)18-11-6-10(15)16-8-17-11/h6,8-9,12H,4-5,7H2,1-3H3,(H3,15,16,17,18). The van der Waals surface area contributed by atoms with Crippen LogP contribution in [0.1, 0.15) is 40.0 Å². The Morgan fingerprint density at radius 3 is 2.72 bits per heavy atom. The second-order valence-corrected chi connectivity index (χ2v) is 6.82. The molecule has 0 aromatic carbocycles. The summed E-state index contributed by atoms with van der Waals surface area (Å²) in [5.41, 5.74) is 6.44. The van der Waals surface area contributed by atoms with Gasteiger partial charge in [0.1, 0.15) is 18.0 Å². The summed E-state index contributed by atoms with van der Waals surface area (Å²) in [4.78, 5) is 8.22. The van der Waals surface area contributed by atoms with Crippen LogP contribution in [0.4, 0.5) is 11.6 Å². The Labute approximate surface area is 108 Å². The van der Waals surface area contributed by atoms with Crippen molar-refractivity contribution >= 4 is 11.6 Å². The van der Waals surface area contributed by atoms with Crippen molar-refractivity contribution in [3.63, 3.8) is 0 Å². The van der Waals surface area contributed by atoms with Crippen LogP contribution in [0.5, 0.6) is 0 Å². The number of anilines is 2. The molecule has 2 saturated carbocycles. The van der Waals surface area contributed by atoms with E-state index in [1.54, 1.807) is 0 Å². The number of nitrogen functional groups attached to an aromatic ring is 1. The van der Waals surface area contributed by atoms with E-state index in [0.29, 0.717) is 22.7 Å². The molecule has 0 aliphatic heterocycles. The minimum Gasteiger partial charge on any atom is -0.384 e. The fourth-order valence-corrected chi connectivity index (χ4v) is 4.26. The first-order chi connectivity index (χ1) is 8.42. The zero-order valence-electron chi connectivity index (χ0n) is 11.4. The molecule has 1 heterocycles. The van der Waals surface area contributed by atoms with E-state index in [1.165, 1.54) is 25.6 Å². The van der Waals surface area contributed by atoms with Crippen molar-refractivity contribution < 1.29 is 0 Å². The van der Waals surface area contributed by atoms with Crippen molar-refractivity contribution in [1.29, 1.82) is 0 Å². The number of aromatic nitrogens is 2. The van der Waals surface area contributed by atoms with Crippen molar-refractivity contribution in [3.8, 4) is 0 Å². The fraction of sp³-hybridized carbons (Fsp3) is 0.714. The molecule has 2 aliphatic carbocycles. The maximum Gasteiger partial charge on any atom is 0.131 e. The van der Waals surface area contributed by atoms with Crippen LogP contribution in [0.25, 0.3) is 0 Å². The lowest BCUT2D eigenvalue weighted by Gasteiger charge is -2.43. The molecule has 0 radical (unpaired) electrons. The van der Waals surface area contributed by atoms with Gasteiger partial charge < -0.3 is 11.1 Å². The highest BCUT2D eigenvalue weighted by Crippen LogP contribution is 2.62. The van der Waals surface area contributed by atoms with Crippen molar-refractivity contribution in [3.05, 3.63) is 12.4 Å². The molecule has 0 saturated heterocycles. The average molecular weight is 246 g/mol. The van der Waals surface area contributed by atoms with Gasteiger partial charge in [0.2, 0.25) is 0 Å². The van der Waals surface area contributed by atoms with Gasteiger partial charge in [-0.1, -0.05) is 20.8 Å². The van der Waals surface area contributed by atoms with E-state index in [-0.39, 0.29) is 0 Å². The van der Waals surface area contributed by atoms with Crippen molar-refractivity contribution in [1.82, 2.24) is 9.97 Å². The van der Waals surface area contributed by atoms with Crippen LogP contribution in [-0.4, -0.2) is 16.0 Å².